The minimum atomic E-state index is 0.0100. The van der Waals surface area contributed by atoms with Crippen molar-refractivity contribution in [3.05, 3.63) is 53.0 Å². The number of para-hydroxylation sites is 1. The topological polar surface area (TPSA) is 54.3 Å². The third-order valence-electron chi connectivity index (χ3n) is 6.07. The number of fused-ring (bicyclic) bond motifs is 1. The summed E-state index contributed by atoms with van der Waals surface area (Å²) in [6.07, 6.45) is 2.39. The minimum Gasteiger partial charge on any atom is -0.353 e. The molecular weight excluding hydrogens is 394 g/mol. The zero-order valence-corrected chi connectivity index (χ0v) is 18.7. The van der Waals surface area contributed by atoms with Crippen LogP contribution in [0.5, 0.6) is 0 Å². The van der Waals surface area contributed by atoms with E-state index < -0.39 is 0 Å². The maximum Gasteiger partial charge on any atom is 0.263 e. The Morgan fingerprint density at radius 3 is 2.63 bits per heavy atom. The van der Waals surface area contributed by atoms with E-state index in [1.807, 2.05) is 36.1 Å². The number of aryl methyl sites for hydroxylation is 1. The molecule has 1 saturated heterocycles. The number of likely N-dealkylation sites (tertiary alicyclic amines) is 1. The zero-order chi connectivity index (χ0) is 21.3. The summed E-state index contributed by atoms with van der Waals surface area (Å²) in [7, 11) is 0. The molecule has 0 bridgehead atoms. The summed E-state index contributed by atoms with van der Waals surface area (Å²) >= 11 is 1.53. The highest BCUT2D eigenvalue weighted by atomic mass is 32.1. The van der Waals surface area contributed by atoms with Crippen molar-refractivity contribution in [1.29, 1.82) is 0 Å². The molecule has 6 heteroatoms. The first-order valence-electron chi connectivity index (χ1n) is 10.7. The number of carbonyl (C=O) groups is 2. The first-order chi connectivity index (χ1) is 14.5. The van der Waals surface area contributed by atoms with Crippen LogP contribution in [-0.2, 0) is 4.79 Å². The molecule has 1 unspecified atom stereocenters. The van der Waals surface area contributed by atoms with E-state index in [0.29, 0.717) is 13.1 Å². The number of hydrogen-bond acceptors (Lipinski definition) is 3. The Balaban J connectivity index is 1.44. The predicted octanol–water partition coefficient (Wildman–Crippen LogP) is 4.77. The van der Waals surface area contributed by atoms with Gasteiger partial charge in [0.1, 0.15) is 5.00 Å². The van der Waals surface area contributed by atoms with Gasteiger partial charge >= 0.3 is 0 Å². The largest absolute Gasteiger partial charge is 0.353 e. The Labute approximate surface area is 181 Å². The zero-order valence-electron chi connectivity index (χ0n) is 17.9. The van der Waals surface area contributed by atoms with Crippen LogP contribution in [0.4, 0.5) is 0 Å². The van der Waals surface area contributed by atoms with Crippen molar-refractivity contribution >= 4 is 34.1 Å². The van der Waals surface area contributed by atoms with E-state index in [0.717, 1.165) is 40.4 Å². The van der Waals surface area contributed by atoms with Crippen LogP contribution in [0.25, 0.3) is 15.9 Å². The molecule has 2 amide bonds. The van der Waals surface area contributed by atoms with Gasteiger partial charge in [0.2, 0.25) is 5.91 Å². The van der Waals surface area contributed by atoms with E-state index in [1.165, 1.54) is 16.7 Å². The van der Waals surface area contributed by atoms with Crippen LogP contribution in [0.15, 0.2) is 42.5 Å². The van der Waals surface area contributed by atoms with Crippen molar-refractivity contribution in [2.75, 3.05) is 13.1 Å². The fourth-order valence-electron chi connectivity index (χ4n) is 4.11. The van der Waals surface area contributed by atoms with Crippen LogP contribution in [-0.4, -0.2) is 40.4 Å². The standard InChI is InChI=1S/C24H29N3O2S/c1-4-16(2)25-23(28)18-11-13-26(14-12-18)24(29)21-9-10-22(30-21)27-17(3)15-19-7-5-6-8-20(19)27/h5-10,15-16,18H,4,11-14H2,1-3H3,(H,25,28). The predicted molar refractivity (Wildman–Crippen MR) is 122 cm³/mol. The Morgan fingerprint density at radius 1 is 1.17 bits per heavy atom. The summed E-state index contributed by atoms with van der Waals surface area (Å²) in [6.45, 7) is 7.46. The third kappa shape index (κ3) is 4.01. The average molecular weight is 424 g/mol. The van der Waals surface area contributed by atoms with Gasteiger partial charge in [-0.2, -0.15) is 0 Å². The third-order valence-corrected chi connectivity index (χ3v) is 7.13. The van der Waals surface area contributed by atoms with Crippen LogP contribution < -0.4 is 5.32 Å². The van der Waals surface area contributed by atoms with E-state index in [1.54, 1.807) is 0 Å². The lowest BCUT2D eigenvalue weighted by molar-refractivity contribution is -0.126. The minimum absolute atomic E-state index is 0.0100. The smallest absolute Gasteiger partial charge is 0.263 e. The van der Waals surface area contributed by atoms with Gasteiger partial charge in [-0.1, -0.05) is 25.1 Å². The number of amides is 2. The molecule has 1 aliphatic rings. The number of aromatic nitrogens is 1. The molecule has 3 heterocycles. The summed E-state index contributed by atoms with van der Waals surface area (Å²) in [6, 6.07) is 14.6. The number of hydrogen-bond donors (Lipinski definition) is 1. The maximum atomic E-state index is 13.1. The molecule has 1 atom stereocenters. The Morgan fingerprint density at radius 2 is 1.90 bits per heavy atom. The summed E-state index contributed by atoms with van der Waals surface area (Å²) in [5.41, 5.74) is 2.31. The van der Waals surface area contributed by atoms with Gasteiger partial charge in [-0.05, 0) is 57.4 Å². The van der Waals surface area contributed by atoms with Crippen LogP contribution in [0.3, 0.4) is 0 Å². The average Bonchev–Trinajstić information content (AvgIpc) is 3.36. The number of nitrogens with one attached hydrogen (secondary N) is 1. The number of benzene rings is 1. The summed E-state index contributed by atoms with van der Waals surface area (Å²) < 4.78 is 2.21. The molecule has 1 aromatic carbocycles. The second-order valence-electron chi connectivity index (χ2n) is 8.20. The number of carbonyl (C=O) groups excluding carboxylic acids is 2. The quantitative estimate of drug-likeness (QED) is 0.643. The van der Waals surface area contributed by atoms with Crippen molar-refractivity contribution in [1.82, 2.24) is 14.8 Å². The van der Waals surface area contributed by atoms with Gasteiger partial charge in [-0.25, -0.2) is 0 Å². The molecule has 158 valence electrons. The number of rotatable bonds is 5. The second kappa shape index (κ2) is 8.64. The molecule has 1 fully saturated rings. The molecule has 0 spiro atoms. The fourth-order valence-corrected chi connectivity index (χ4v) is 5.16. The summed E-state index contributed by atoms with van der Waals surface area (Å²) in [5, 5.41) is 5.33. The molecule has 3 aromatic rings. The molecular formula is C24H29N3O2S. The van der Waals surface area contributed by atoms with E-state index in [4.69, 9.17) is 0 Å². The van der Waals surface area contributed by atoms with Gasteiger partial charge in [0.25, 0.3) is 5.91 Å². The Hall–Kier alpha value is -2.60. The highest BCUT2D eigenvalue weighted by molar-refractivity contribution is 7.16. The second-order valence-corrected chi connectivity index (χ2v) is 9.26. The van der Waals surface area contributed by atoms with Gasteiger partial charge in [-0.3, -0.25) is 9.59 Å². The summed E-state index contributed by atoms with van der Waals surface area (Å²) in [4.78, 5) is 28.1. The van der Waals surface area contributed by atoms with Crippen molar-refractivity contribution in [2.24, 2.45) is 5.92 Å². The fraction of sp³-hybridized carbons (Fsp3) is 0.417. The van der Waals surface area contributed by atoms with E-state index in [9.17, 15) is 9.59 Å². The van der Waals surface area contributed by atoms with Gasteiger partial charge in [0, 0.05) is 36.1 Å². The highest BCUT2D eigenvalue weighted by Gasteiger charge is 2.29. The highest BCUT2D eigenvalue weighted by Crippen LogP contribution is 2.30. The Kier molecular flexibility index (Phi) is 5.95. The van der Waals surface area contributed by atoms with Crippen molar-refractivity contribution < 1.29 is 9.59 Å². The monoisotopic (exact) mass is 423 g/mol. The van der Waals surface area contributed by atoms with E-state index >= 15 is 0 Å². The van der Waals surface area contributed by atoms with Gasteiger partial charge in [-0.15, -0.1) is 11.3 Å². The first kappa shape index (κ1) is 20.7. The van der Waals surface area contributed by atoms with Crippen LogP contribution in [0, 0.1) is 12.8 Å². The normalized spacial score (nSPS) is 16.0. The van der Waals surface area contributed by atoms with Crippen molar-refractivity contribution in [3.8, 4) is 5.00 Å². The van der Waals surface area contributed by atoms with Gasteiger partial charge in [0.05, 0.1) is 10.4 Å². The lowest BCUT2D eigenvalue weighted by Crippen LogP contribution is -2.44. The van der Waals surface area contributed by atoms with E-state index in [2.05, 4.69) is 41.9 Å². The molecule has 4 rings (SSSR count). The van der Waals surface area contributed by atoms with Crippen molar-refractivity contribution in [2.45, 2.75) is 46.1 Å². The SMILES string of the molecule is CCC(C)NC(=O)C1CCN(C(=O)c2ccc(-n3c(C)cc4ccccc43)s2)CC1. The molecule has 1 aliphatic heterocycles. The molecule has 1 N–H and O–H groups in total. The van der Waals surface area contributed by atoms with Crippen LogP contribution in [0.2, 0.25) is 0 Å². The number of piperidine rings is 1. The van der Waals surface area contributed by atoms with Gasteiger partial charge in [0.15, 0.2) is 0 Å². The number of thiophene rings is 1. The molecule has 0 saturated carbocycles. The maximum absolute atomic E-state index is 13.1. The molecule has 30 heavy (non-hydrogen) atoms. The lowest BCUT2D eigenvalue weighted by Gasteiger charge is -2.31. The van der Waals surface area contributed by atoms with Crippen LogP contribution >= 0.6 is 11.3 Å². The Bertz CT molecular complexity index is 1060. The molecule has 5 nitrogen and oxygen atoms in total. The molecule has 0 radical (unpaired) electrons. The van der Waals surface area contributed by atoms with Crippen LogP contribution in [0.1, 0.15) is 48.5 Å². The van der Waals surface area contributed by atoms with Gasteiger partial charge < -0.3 is 14.8 Å². The summed E-state index contributed by atoms with van der Waals surface area (Å²) in [5.74, 6) is 0.210. The lowest BCUT2D eigenvalue weighted by atomic mass is 9.95. The van der Waals surface area contributed by atoms with Crippen molar-refractivity contribution in [3.63, 3.8) is 0 Å². The molecule has 2 aromatic heterocycles. The first-order valence-corrected chi connectivity index (χ1v) is 11.6. The molecule has 0 aliphatic carbocycles. The number of nitrogens with zero attached hydrogens (tertiary/aromatic N) is 2. The van der Waals surface area contributed by atoms with E-state index in [-0.39, 0.29) is 23.8 Å².